The van der Waals surface area contributed by atoms with E-state index in [2.05, 4.69) is 4.98 Å². The minimum absolute atomic E-state index is 0.0228. The third-order valence-electron chi connectivity index (χ3n) is 3.23. The smallest absolute Gasteiger partial charge is 0.243 e. The van der Waals surface area contributed by atoms with Gasteiger partial charge in [-0.2, -0.15) is 4.31 Å². The van der Waals surface area contributed by atoms with Crippen molar-refractivity contribution < 1.29 is 17.5 Å². The minimum Gasteiger partial charge on any atom is -0.494 e. The van der Waals surface area contributed by atoms with E-state index in [0.717, 1.165) is 5.69 Å². The summed E-state index contributed by atoms with van der Waals surface area (Å²) in [5.74, 6) is -0.642. The van der Waals surface area contributed by atoms with Gasteiger partial charge in [-0.15, -0.1) is 11.3 Å². The van der Waals surface area contributed by atoms with Gasteiger partial charge in [0.2, 0.25) is 10.0 Å². The fourth-order valence-electron chi connectivity index (χ4n) is 2.00. The van der Waals surface area contributed by atoms with Crippen LogP contribution in [0, 0.1) is 19.7 Å². The number of rotatable bonds is 5. The summed E-state index contributed by atoms with van der Waals surface area (Å²) in [6.07, 6.45) is 0. The van der Waals surface area contributed by atoms with E-state index in [1.165, 1.54) is 48.9 Å². The summed E-state index contributed by atoms with van der Waals surface area (Å²) >= 11 is 1.39. The number of sulfonamides is 1. The lowest BCUT2D eigenvalue weighted by atomic mass is 10.2. The number of aryl methyl sites for hydroxylation is 1. The number of nitrogens with zero attached hydrogens (tertiary/aromatic N) is 2. The second-order valence-electron chi connectivity index (χ2n) is 4.85. The van der Waals surface area contributed by atoms with Gasteiger partial charge in [0.1, 0.15) is 5.01 Å². The van der Waals surface area contributed by atoms with E-state index in [0.29, 0.717) is 5.01 Å². The van der Waals surface area contributed by atoms with Gasteiger partial charge in [-0.25, -0.2) is 17.8 Å². The number of methoxy groups -OCH3 is 1. The van der Waals surface area contributed by atoms with Crippen LogP contribution in [0.5, 0.6) is 5.75 Å². The molecule has 5 nitrogen and oxygen atoms in total. The Morgan fingerprint density at radius 2 is 2.05 bits per heavy atom. The van der Waals surface area contributed by atoms with E-state index >= 15 is 0 Å². The van der Waals surface area contributed by atoms with E-state index < -0.39 is 15.8 Å². The molecule has 0 aliphatic carbocycles. The number of hydrogen-bond donors (Lipinski definition) is 0. The standard InChI is InChI=1S/C14H17FN2O3S2/c1-9-8-21-13(16-9)7-17(3)22(18,19)12-6-5-11(20-4)14(15)10(12)2/h5-6,8H,7H2,1-4H3. The van der Waals surface area contributed by atoms with Crippen molar-refractivity contribution in [2.24, 2.45) is 0 Å². The molecule has 0 spiro atoms. The molecule has 1 aromatic carbocycles. The maximum atomic E-state index is 14.1. The van der Waals surface area contributed by atoms with Crippen molar-refractivity contribution in [3.63, 3.8) is 0 Å². The van der Waals surface area contributed by atoms with E-state index in [4.69, 9.17) is 4.74 Å². The van der Waals surface area contributed by atoms with Crippen molar-refractivity contribution in [1.29, 1.82) is 0 Å². The fourth-order valence-corrected chi connectivity index (χ4v) is 4.25. The molecule has 0 atom stereocenters. The first kappa shape index (κ1) is 16.9. The number of halogens is 1. The number of benzene rings is 1. The quantitative estimate of drug-likeness (QED) is 0.837. The summed E-state index contributed by atoms with van der Waals surface area (Å²) in [7, 11) is -1.01. The largest absolute Gasteiger partial charge is 0.494 e. The van der Waals surface area contributed by atoms with Crippen LogP contribution in [-0.4, -0.2) is 31.9 Å². The molecule has 22 heavy (non-hydrogen) atoms. The van der Waals surface area contributed by atoms with Crippen LogP contribution in [0.3, 0.4) is 0 Å². The lowest BCUT2D eigenvalue weighted by Crippen LogP contribution is -2.27. The highest BCUT2D eigenvalue weighted by Crippen LogP contribution is 2.28. The van der Waals surface area contributed by atoms with Crippen LogP contribution in [0.4, 0.5) is 4.39 Å². The molecule has 0 N–H and O–H groups in total. The van der Waals surface area contributed by atoms with Crippen LogP contribution in [-0.2, 0) is 16.6 Å². The van der Waals surface area contributed by atoms with Crippen molar-refractivity contribution in [3.8, 4) is 5.75 Å². The normalized spacial score (nSPS) is 11.9. The Hall–Kier alpha value is -1.51. The monoisotopic (exact) mass is 344 g/mol. The van der Waals surface area contributed by atoms with Crippen LogP contribution >= 0.6 is 11.3 Å². The second kappa shape index (κ2) is 6.31. The molecule has 0 radical (unpaired) electrons. The van der Waals surface area contributed by atoms with E-state index in [-0.39, 0.29) is 22.8 Å². The fraction of sp³-hybridized carbons (Fsp3) is 0.357. The van der Waals surface area contributed by atoms with Crippen LogP contribution in [0.2, 0.25) is 0 Å². The molecule has 0 unspecified atom stereocenters. The molecular weight excluding hydrogens is 327 g/mol. The van der Waals surface area contributed by atoms with Crippen LogP contribution in [0.25, 0.3) is 0 Å². The second-order valence-corrected chi connectivity index (χ2v) is 7.80. The first-order valence-corrected chi connectivity index (χ1v) is 8.79. The summed E-state index contributed by atoms with van der Waals surface area (Å²) in [6.45, 7) is 3.41. The number of ether oxygens (including phenoxy) is 1. The number of aromatic nitrogens is 1. The molecule has 0 saturated heterocycles. The predicted molar refractivity (Wildman–Crippen MR) is 83.2 cm³/mol. The summed E-state index contributed by atoms with van der Waals surface area (Å²) in [5, 5.41) is 2.55. The summed E-state index contributed by atoms with van der Waals surface area (Å²) < 4.78 is 45.3. The lowest BCUT2D eigenvalue weighted by Gasteiger charge is -2.18. The number of hydrogen-bond acceptors (Lipinski definition) is 5. The van der Waals surface area contributed by atoms with Gasteiger partial charge < -0.3 is 4.74 Å². The highest BCUT2D eigenvalue weighted by molar-refractivity contribution is 7.89. The van der Waals surface area contributed by atoms with Crippen molar-refractivity contribution in [1.82, 2.24) is 9.29 Å². The summed E-state index contributed by atoms with van der Waals surface area (Å²) in [4.78, 5) is 4.18. The molecule has 0 fully saturated rings. The molecule has 0 saturated carbocycles. The minimum atomic E-state index is -3.80. The van der Waals surface area contributed by atoms with Gasteiger partial charge in [0.15, 0.2) is 11.6 Å². The average Bonchev–Trinajstić information content (AvgIpc) is 2.86. The van der Waals surface area contributed by atoms with Crippen molar-refractivity contribution >= 4 is 21.4 Å². The Morgan fingerprint density at radius 3 is 2.59 bits per heavy atom. The SMILES string of the molecule is COc1ccc(S(=O)(=O)N(C)Cc2nc(C)cs2)c(C)c1F. The van der Waals surface area contributed by atoms with Gasteiger partial charge in [0.05, 0.1) is 18.6 Å². The Labute approximate surface area is 133 Å². The van der Waals surface area contributed by atoms with Crippen LogP contribution in [0.1, 0.15) is 16.3 Å². The summed E-state index contributed by atoms with van der Waals surface area (Å²) in [5.41, 5.74) is 0.888. The maximum absolute atomic E-state index is 14.1. The van der Waals surface area contributed by atoms with Gasteiger partial charge >= 0.3 is 0 Å². The van der Waals surface area contributed by atoms with Gasteiger partial charge in [-0.1, -0.05) is 0 Å². The predicted octanol–water partition coefficient (Wildman–Crippen LogP) is 2.73. The van der Waals surface area contributed by atoms with E-state index in [9.17, 15) is 12.8 Å². The Balaban J connectivity index is 2.35. The maximum Gasteiger partial charge on any atom is 0.243 e. The van der Waals surface area contributed by atoms with Crippen LogP contribution in [0.15, 0.2) is 22.4 Å². The Bertz CT molecular complexity index is 787. The van der Waals surface area contributed by atoms with Gasteiger partial charge in [-0.3, -0.25) is 0 Å². The molecule has 2 aromatic rings. The van der Waals surface area contributed by atoms with Crippen molar-refractivity contribution in [2.75, 3.05) is 14.2 Å². The van der Waals surface area contributed by atoms with E-state index in [1.54, 1.807) is 0 Å². The molecule has 8 heteroatoms. The molecular formula is C14H17FN2O3S2. The zero-order valence-corrected chi connectivity index (χ0v) is 14.4. The molecule has 1 heterocycles. The van der Waals surface area contributed by atoms with Gasteiger partial charge in [0.25, 0.3) is 0 Å². The lowest BCUT2D eigenvalue weighted by molar-refractivity contribution is 0.383. The molecule has 2 rings (SSSR count). The Morgan fingerprint density at radius 1 is 1.36 bits per heavy atom. The average molecular weight is 344 g/mol. The zero-order chi connectivity index (χ0) is 16.5. The third kappa shape index (κ3) is 3.13. The first-order chi connectivity index (χ1) is 10.3. The van der Waals surface area contributed by atoms with Crippen LogP contribution < -0.4 is 4.74 Å². The summed E-state index contributed by atoms with van der Waals surface area (Å²) in [6, 6.07) is 2.67. The zero-order valence-electron chi connectivity index (χ0n) is 12.8. The highest BCUT2D eigenvalue weighted by Gasteiger charge is 2.26. The third-order valence-corrected chi connectivity index (χ3v) is 6.13. The highest BCUT2D eigenvalue weighted by atomic mass is 32.2. The molecule has 120 valence electrons. The first-order valence-electron chi connectivity index (χ1n) is 6.47. The molecule has 0 bridgehead atoms. The molecule has 0 aliphatic rings. The topological polar surface area (TPSA) is 59.5 Å². The van der Waals surface area contributed by atoms with E-state index in [1.807, 2.05) is 12.3 Å². The van der Waals surface area contributed by atoms with Gasteiger partial charge in [-0.05, 0) is 26.0 Å². The van der Waals surface area contributed by atoms with Crippen molar-refractivity contribution in [3.05, 3.63) is 39.6 Å². The van der Waals surface area contributed by atoms with Crippen molar-refractivity contribution in [2.45, 2.75) is 25.3 Å². The Kier molecular flexibility index (Phi) is 4.84. The molecule has 0 aliphatic heterocycles. The molecule has 0 amide bonds. The van der Waals surface area contributed by atoms with Gasteiger partial charge in [0, 0.05) is 23.7 Å². The molecule has 1 aromatic heterocycles. The number of thiazole rings is 1.